The smallest absolute Gasteiger partial charge is 0.335 e. The molecule has 1 atom stereocenters. The molecule has 0 saturated heterocycles. The molecule has 0 aliphatic heterocycles. The molecule has 0 saturated carbocycles. The van der Waals surface area contributed by atoms with E-state index < -0.39 is 5.97 Å². The quantitative estimate of drug-likeness (QED) is 0.181. The minimum atomic E-state index is -0.979. The Labute approximate surface area is 239 Å². The minimum Gasteiger partial charge on any atom is -0.478 e. The van der Waals surface area contributed by atoms with Crippen molar-refractivity contribution in [2.75, 3.05) is 0 Å². The first-order chi connectivity index (χ1) is 18.7. The number of hydrogen-bond acceptors (Lipinski definition) is 5. The Morgan fingerprint density at radius 1 is 0.974 bits per heavy atom. The highest BCUT2D eigenvalue weighted by Crippen LogP contribution is 2.42. The predicted octanol–water partition coefficient (Wildman–Crippen LogP) is 9.22. The predicted molar refractivity (Wildman–Crippen MR) is 165 cm³/mol. The Hall–Kier alpha value is -3.50. The summed E-state index contributed by atoms with van der Waals surface area (Å²) in [6, 6.07) is 24.0. The summed E-state index contributed by atoms with van der Waals surface area (Å²) < 4.78 is 0. The molecule has 2 aromatic carbocycles. The van der Waals surface area contributed by atoms with Gasteiger partial charge in [-0.1, -0.05) is 63.1 Å². The average Bonchev–Trinajstić information content (AvgIpc) is 3.58. The largest absolute Gasteiger partial charge is 0.478 e. The van der Waals surface area contributed by atoms with Gasteiger partial charge in [-0.25, -0.2) is 4.79 Å². The Bertz CT molecular complexity index is 1500. The van der Waals surface area contributed by atoms with E-state index in [0.29, 0.717) is 11.1 Å². The molecule has 0 radical (unpaired) electrons. The van der Waals surface area contributed by atoms with Crippen molar-refractivity contribution in [1.29, 1.82) is 5.26 Å². The number of hydrogen-bond donors (Lipinski definition) is 2. The molecule has 2 aromatic heterocycles. The lowest BCUT2D eigenvalue weighted by Crippen LogP contribution is -2.32. The second-order valence-corrected chi connectivity index (χ2v) is 12.2. The fourth-order valence-corrected chi connectivity index (χ4v) is 7.00. The van der Waals surface area contributed by atoms with E-state index in [4.69, 9.17) is 5.73 Å². The second-order valence-electron chi connectivity index (χ2n) is 10.1. The molecule has 0 amide bonds. The van der Waals surface area contributed by atoms with Gasteiger partial charge in [0.1, 0.15) is 0 Å². The summed E-state index contributed by atoms with van der Waals surface area (Å²) in [4.78, 5) is 15.9. The Balaban J connectivity index is 1.64. The normalized spacial score (nSPS) is 13.2. The summed E-state index contributed by atoms with van der Waals surface area (Å²) in [5.41, 5.74) is 11.3. The van der Waals surface area contributed by atoms with Gasteiger partial charge in [0, 0.05) is 25.0 Å². The number of thiophene rings is 2. The van der Waals surface area contributed by atoms with Crippen molar-refractivity contribution in [3.63, 3.8) is 0 Å². The maximum Gasteiger partial charge on any atom is 0.335 e. The Morgan fingerprint density at radius 3 is 2.26 bits per heavy atom. The van der Waals surface area contributed by atoms with Crippen LogP contribution in [0.1, 0.15) is 78.4 Å². The van der Waals surface area contributed by atoms with Gasteiger partial charge in [-0.05, 0) is 84.8 Å². The monoisotopic (exact) mass is 554 g/mol. The summed E-state index contributed by atoms with van der Waals surface area (Å²) in [6.45, 7) is 6.45. The molecule has 0 aliphatic rings. The molecular weight excluding hydrogens is 521 g/mol. The standard InChI is InChI=1S/C33H34N2O2S2/c1-4-6-7-25-19-28(20-26(21-34)22-8-10-24(11-9-22)32(36)37)38-31(25)30-17-16-29(39-30)23-12-14-27(15-13-23)33(3,35)18-5-2/h8-17,19-20H,4-7,18,35H2,1-3H3,(H,36,37)/b26-20+. The summed E-state index contributed by atoms with van der Waals surface area (Å²) in [5, 5.41) is 19.0. The zero-order chi connectivity index (χ0) is 28.0. The zero-order valence-corrected chi connectivity index (χ0v) is 24.3. The van der Waals surface area contributed by atoms with Gasteiger partial charge in [0.2, 0.25) is 0 Å². The number of nitrogens with two attached hydrogens (primary N) is 1. The fraction of sp³-hybridized carbons (Fsp3) is 0.273. The highest BCUT2D eigenvalue weighted by Gasteiger charge is 2.20. The second kappa shape index (κ2) is 12.6. The van der Waals surface area contributed by atoms with Crippen LogP contribution in [0.25, 0.3) is 31.8 Å². The topological polar surface area (TPSA) is 87.1 Å². The van der Waals surface area contributed by atoms with Crippen LogP contribution in [-0.4, -0.2) is 11.1 Å². The number of carbonyl (C=O) groups is 1. The number of rotatable bonds is 11. The first-order valence-corrected chi connectivity index (χ1v) is 15.0. The van der Waals surface area contributed by atoms with E-state index in [0.717, 1.165) is 42.5 Å². The number of unbranched alkanes of at least 4 members (excludes halogenated alkanes) is 1. The highest BCUT2D eigenvalue weighted by atomic mass is 32.1. The van der Waals surface area contributed by atoms with Crippen LogP contribution in [0.2, 0.25) is 0 Å². The summed E-state index contributed by atoms with van der Waals surface area (Å²) >= 11 is 3.49. The zero-order valence-electron chi connectivity index (χ0n) is 22.7. The van der Waals surface area contributed by atoms with Crippen molar-refractivity contribution >= 4 is 40.3 Å². The number of carboxylic acid groups (broad SMARTS) is 1. The molecular formula is C33H34N2O2S2. The number of allylic oxidation sites excluding steroid dienone is 1. The van der Waals surface area contributed by atoms with E-state index >= 15 is 0 Å². The van der Waals surface area contributed by atoms with E-state index in [1.807, 2.05) is 6.08 Å². The van der Waals surface area contributed by atoms with Crippen LogP contribution in [0.15, 0.2) is 66.7 Å². The van der Waals surface area contributed by atoms with Crippen molar-refractivity contribution in [2.45, 2.75) is 58.4 Å². The fourth-order valence-electron chi connectivity index (χ4n) is 4.69. The van der Waals surface area contributed by atoms with Gasteiger partial charge < -0.3 is 10.8 Å². The molecule has 4 aromatic rings. The van der Waals surface area contributed by atoms with E-state index in [1.54, 1.807) is 34.8 Å². The van der Waals surface area contributed by atoms with Crippen molar-refractivity contribution in [3.05, 3.63) is 93.9 Å². The summed E-state index contributed by atoms with van der Waals surface area (Å²) in [6.07, 6.45) is 7.11. The number of nitriles is 1. The van der Waals surface area contributed by atoms with Gasteiger partial charge in [-0.3, -0.25) is 0 Å². The van der Waals surface area contributed by atoms with Crippen LogP contribution >= 0.6 is 22.7 Å². The number of nitrogens with zero attached hydrogens (tertiary/aromatic N) is 1. The number of aromatic carboxylic acids is 1. The van der Waals surface area contributed by atoms with Crippen LogP contribution in [0.5, 0.6) is 0 Å². The minimum absolute atomic E-state index is 0.206. The Morgan fingerprint density at radius 2 is 1.64 bits per heavy atom. The molecule has 2 heterocycles. The molecule has 4 rings (SSSR count). The van der Waals surface area contributed by atoms with Gasteiger partial charge in [0.05, 0.1) is 17.2 Å². The van der Waals surface area contributed by atoms with Gasteiger partial charge in [0.25, 0.3) is 0 Å². The van der Waals surface area contributed by atoms with Crippen molar-refractivity contribution < 1.29 is 9.90 Å². The number of carboxylic acids is 1. The molecule has 6 heteroatoms. The molecule has 0 fully saturated rings. The molecule has 200 valence electrons. The molecule has 1 unspecified atom stereocenters. The molecule has 3 N–H and O–H groups in total. The number of benzene rings is 2. The maximum absolute atomic E-state index is 11.2. The first-order valence-electron chi connectivity index (χ1n) is 13.3. The lowest BCUT2D eigenvalue weighted by atomic mass is 9.88. The van der Waals surface area contributed by atoms with Crippen LogP contribution in [0.3, 0.4) is 0 Å². The third-order valence-corrected chi connectivity index (χ3v) is 9.34. The maximum atomic E-state index is 11.2. The molecule has 0 aliphatic carbocycles. The lowest BCUT2D eigenvalue weighted by Gasteiger charge is -2.24. The third-order valence-electron chi connectivity index (χ3n) is 6.91. The van der Waals surface area contributed by atoms with Crippen molar-refractivity contribution in [1.82, 2.24) is 0 Å². The molecule has 0 bridgehead atoms. The van der Waals surface area contributed by atoms with Gasteiger partial charge in [-0.15, -0.1) is 22.7 Å². The molecule has 0 spiro atoms. The Kier molecular flexibility index (Phi) is 9.19. The van der Waals surface area contributed by atoms with E-state index in [9.17, 15) is 15.2 Å². The highest BCUT2D eigenvalue weighted by molar-refractivity contribution is 7.24. The molecule has 39 heavy (non-hydrogen) atoms. The third kappa shape index (κ3) is 6.75. The van der Waals surface area contributed by atoms with Crippen molar-refractivity contribution in [2.24, 2.45) is 5.73 Å². The van der Waals surface area contributed by atoms with Crippen LogP contribution in [-0.2, 0) is 12.0 Å². The van der Waals surface area contributed by atoms with Crippen LogP contribution in [0, 0.1) is 11.3 Å². The van der Waals surface area contributed by atoms with E-state index in [2.05, 4.69) is 69.3 Å². The summed E-state index contributed by atoms with van der Waals surface area (Å²) in [5.74, 6) is -0.979. The van der Waals surface area contributed by atoms with Crippen LogP contribution < -0.4 is 5.73 Å². The first kappa shape index (κ1) is 28.5. The van der Waals surface area contributed by atoms with E-state index in [-0.39, 0.29) is 11.1 Å². The van der Waals surface area contributed by atoms with Crippen LogP contribution in [0.4, 0.5) is 0 Å². The number of aryl methyl sites for hydroxylation is 1. The van der Waals surface area contributed by atoms with E-state index in [1.165, 1.54) is 37.9 Å². The van der Waals surface area contributed by atoms with Gasteiger partial charge >= 0.3 is 5.97 Å². The van der Waals surface area contributed by atoms with Crippen molar-refractivity contribution in [3.8, 4) is 26.3 Å². The average molecular weight is 555 g/mol. The lowest BCUT2D eigenvalue weighted by molar-refractivity contribution is 0.0697. The SMILES string of the molecule is CCCCc1cc(/C=C(\C#N)c2ccc(C(=O)O)cc2)sc1-c1ccc(-c2ccc(C(C)(N)CCC)cc2)s1. The van der Waals surface area contributed by atoms with Gasteiger partial charge in [-0.2, -0.15) is 5.26 Å². The summed E-state index contributed by atoms with van der Waals surface area (Å²) in [7, 11) is 0. The molecule has 4 nitrogen and oxygen atoms in total. The van der Waals surface area contributed by atoms with Gasteiger partial charge in [0.15, 0.2) is 0 Å².